The van der Waals surface area contributed by atoms with Crippen molar-refractivity contribution in [2.75, 3.05) is 13.7 Å². The first-order valence-corrected chi connectivity index (χ1v) is 7.72. The lowest BCUT2D eigenvalue weighted by molar-refractivity contribution is -0.566. The van der Waals surface area contributed by atoms with E-state index in [2.05, 4.69) is 0 Å². The van der Waals surface area contributed by atoms with Gasteiger partial charge in [0.1, 0.15) is 12.9 Å². The van der Waals surface area contributed by atoms with E-state index in [0.717, 1.165) is 11.2 Å². The van der Waals surface area contributed by atoms with Gasteiger partial charge >= 0.3 is 5.56 Å². The largest absolute Gasteiger partial charge is 0.618 e. The van der Waals surface area contributed by atoms with Gasteiger partial charge in [0.25, 0.3) is 5.69 Å². The van der Waals surface area contributed by atoms with Crippen LogP contribution in [0.25, 0.3) is 22.3 Å². The van der Waals surface area contributed by atoms with Crippen LogP contribution < -0.4 is 19.9 Å². The van der Waals surface area contributed by atoms with Crippen LogP contribution in [-0.2, 0) is 0 Å². The molecule has 3 aromatic rings. The summed E-state index contributed by atoms with van der Waals surface area (Å²) in [7, 11) is 1.40. The maximum absolute atomic E-state index is 12.7. The Morgan fingerprint density at radius 1 is 1.12 bits per heavy atom. The monoisotopic (exact) mass is 326 g/mol. The summed E-state index contributed by atoms with van der Waals surface area (Å²) in [5, 5.41) is 12.7. The Kier molecular flexibility index (Phi) is 4.37. The number of fused-ring (bicyclic) bond motifs is 1. The molecule has 124 valence electrons. The summed E-state index contributed by atoms with van der Waals surface area (Å²) in [6.45, 7) is 2.64. The molecule has 3 rings (SSSR count). The van der Waals surface area contributed by atoms with Crippen LogP contribution in [0.5, 0.6) is 5.75 Å². The molecule has 24 heavy (non-hydrogen) atoms. The molecule has 1 aromatic heterocycles. The maximum atomic E-state index is 12.7. The number of benzene rings is 2. The molecule has 0 fully saturated rings. The minimum absolute atomic E-state index is 0.0117. The molecule has 0 saturated heterocycles. The predicted molar refractivity (Wildman–Crippen MR) is 90.9 cm³/mol. The van der Waals surface area contributed by atoms with E-state index in [-0.39, 0.29) is 5.69 Å². The fraction of sp³-hybridized carbons (Fsp3) is 0.222. The number of hydrogen-bond acceptors (Lipinski definition) is 4. The molecule has 0 aliphatic carbocycles. The van der Waals surface area contributed by atoms with Gasteiger partial charge in [0.15, 0.2) is 5.52 Å². The highest BCUT2D eigenvalue weighted by Crippen LogP contribution is 2.19. The third kappa shape index (κ3) is 2.67. The molecular weight excluding hydrogens is 308 g/mol. The van der Waals surface area contributed by atoms with Crippen molar-refractivity contribution >= 4 is 11.0 Å². The summed E-state index contributed by atoms with van der Waals surface area (Å²) in [4.78, 5) is 17.9. The SMILES string of the molecule is CCCOc1ccc(-c2c(=O)n(OC)c3ccccc3[n+]2[O-])cc1. The average Bonchev–Trinajstić information content (AvgIpc) is 2.61. The van der Waals surface area contributed by atoms with E-state index in [9.17, 15) is 10.0 Å². The number of rotatable bonds is 5. The lowest BCUT2D eigenvalue weighted by atomic mass is 10.1. The fourth-order valence-corrected chi connectivity index (χ4v) is 2.57. The van der Waals surface area contributed by atoms with E-state index < -0.39 is 5.56 Å². The van der Waals surface area contributed by atoms with E-state index in [1.54, 1.807) is 48.5 Å². The molecule has 1 heterocycles. The quantitative estimate of drug-likeness (QED) is 0.532. The topological polar surface area (TPSA) is 67.4 Å². The second-order valence-corrected chi connectivity index (χ2v) is 5.29. The summed E-state index contributed by atoms with van der Waals surface area (Å²) >= 11 is 0. The number of ether oxygens (including phenoxy) is 1. The van der Waals surface area contributed by atoms with Crippen molar-refractivity contribution in [3.8, 4) is 17.0 Å². The molecule has 0 bridgehead atoms. The summed E-state index contributed by atoms with van der Waals surface area (Å²) < 4.78 is 7.30. The first kappa shape index (κ1) is 15.9. The van der Waals surface area contributed by atoms with E-state index in [1.165, 1.54) is 7.11 Å². The van der Waals surface area contributed by atoms with Crippen LogP contribution in [0.15, 0.2) is 53.3 Å². The second-order valence-electron chi connectivity index (χ2n) is 5.29. The van der Waals surface area contributed by atoms with Crippen molar-refractivity contribution in [2.45, 2.75) is 13.3 Å². The first-order valence-electron chi connectivity index (χ1n) is 7.72. The first-order chi connectivity index (χ1) is 11.7. The zero-order chi connectivity index (χ0) is 17.1. The molecule has 6 heteroatoms. The van der Waals surface area contributed by atoms with Crippen LogP contribution >= 0.6 is 0 Å². The van der Waals surface area contributed by atoms with Crippen molar-refractivity contribution in [3.05, 3.63) is 64.1 Å². The molecule has 0 N–H and O–H groups in total. The molecule has 0 unspecified atom stereocenters. The highest BCUT2D eigenvalue weighted by molar-refractivity contribution is 5.73. The smallest absolute Gasteiger partial charge is 0.357 e. The van der Waals surface area contributed by atoms with Gasteiger partial charge in [-0.25, -0.2) is 0 Å². The molecule has 0 aliphatic heterocycles. The number of hydrogen-bond donors (Lipinski definition) is 0. The van der Waals surface area contributed by atoms with Gasteiger partial charge in [-0.3, -0.25) is 4.79 Å². The summed E-state index contributed by atoms with van der Waals surface area (Å²) in [6.07, 6.45) is 0.908. The zero-order valence-electron chi connectivity index (χ0n) is 13.6. The lowest BCUT2D eigenvalue weighted by Gasteiger charge is -2.12. The molecule has 0 aliphatic rings. The fourth-order valence-electron chi connectivity index (χ4n) is 2.57. The molecular formula is C18H18N2O4. The normalized spacial score (nSPS) is 10.8. The highest BCUT2D eigenvalue weighted by atomic mass is 16.7. The Balaban J connectivity index is 2.17. The number of para-hydroxylation sites is 2. The lowest BCUT2D eigenvalue weighted by Crippen LogP contribution is -2.42. The Labute approximate surface area is 139 Å². The molecule has 0 atom stereocenters. The minimum atomic E-state index is -0.506. The Bertz CT molecular complexity index is 917. The van der Waals surface area contributed by atoms with Crippen LogP contribution in [0, 0.1) is 5.21 Å². The number of nitrogens with zero attached hydrogens (tertiary/aromatic N) is 2. The third-order valence-corrected chi connectivity index (χ3v) is 3.69. The average molecular weight is 326 g/mol. The van der Waals surface area contributed by atoms with Gasteiger partial charge in [-0.2, -0.15) is 4.73 Å². The van der Waals surface area contributed by atoms with Crippen LogP contribution in [0.2, 0.25) is 0 Å². The van der Waals surface area contributed by atoms with Gasteiger partial charge in [-0.15, -0.1) is 4.73 Å². The Morgan fingerprint density at radius 2 is 1.83 bits per heavy atom. The van der Waals surface area contributed by atoms with Gasteiger partial charge in [-0.05, 0) is 36.8 Å². The van der Waals surface area contributed by atoms with Crippen molar-refractivity contribution in [1.29, 1.82) is 0 Å². The molecule has 6 nitrogen and oxygen atoms in total. The van der Waals surface area contributed by atoms with Gasteiger partial charge in [0, 0.05) is 6.07 Å². The van der Waals surface area contributed by atoms with Crippen LogP contribution in [0.3, 0.4) is 0 Å². The van der Waals surface area contributed by atoms with Gasteiger partial charge in [0.05, 0.1) is 12.2 Å². The Hall–Kier alpha value is -3.02. The molecule has 0 saturated carbocycles. The van der Waals surface area contributed by atoms with Crippen molar-refractivity contribution in [3.63, 3.8) is 0 Å². The van der Waals surface area contributed by atoms with Gasteiger partial charge in [0.2, 0.25) is 5.52 Å². The van der Waals surface area contributed by atoms with E-state index in [4.69, 9.17) is 9.57 Å². The van der Waals surface area contributed by atoms with Crippen LogP contribution in [0.1, 0.15) is 13.3 Å². The predicted octanol–water partition coefficient (Wildman–Crippen LogP) is 2.15. The van der Waals surface area contributed by atoms with Crippen LogP contribution in [0.4, 0.5) is 0 Å². The Morgan fingerprint density at radius 3 is 2.50 bits per heavy atom. The second kappa shape index (κ2) is 6.62. The summed E-state index contributed by atoms with van der Waals surface area (Å²) in [5.41, 5.74) is 0.799. The standard InChI is InChI=1S/C18H18N2O4/c1-3-12-24-14-10-8-13(9-11-14)17-18(21)20(23-2)16-7-5-4-6-15(16)19(17)22/h4-11H,3,12H2,1-2H3. The highest BCUT2D eigenvalue weighted by Gasteiger charge is 2.22. The van der Waals surface area contributed by atoms with Crippen molar-refractivity contribution < 1.29 is 14.3 Å². The summed E-state index contributed by atoms with van der Waals surface area (Å²) in [6, 6.07) is 13.7. The maximum Gasteiger partial charge on any atom is 0.357 e. The van der Waals surface area contributed by atoms with E-state index >= 15 is 0 Å². The zero-order valence-corrected chi connectivity index (χ0v) is 13.6. The molecule has 0 radical (unpaired) electrons. The van der Waals surface area contributed by atoms with Gasteiger partial charge < -0.3 is 14.8 Å². The summed E-state index contributed by atoms with van der Waals surface area (Å²) in [5.74, 6) is 0.700. The van der Waals surface area contributed by atoms with Crippen molar-refractivity contribution in [2.24, 2.45) is 0 Å². The molecule has 0 spiro atoms. The molecule has 0 amide bonds. The molecule has 2 aromatic carbocycles. The minimum Gasteiger partial charge on any atom is -0.618 e. The van der Waals surface area contributed by atoms with Crippen molar-refractivity contribution in [1.82, 2.24) is 4.73 Å². The van der Waals surface area contributed by atoms with E-state index in [0.29, 0.717) is 33.7 Å². The number of aromatic nitrogens is 2. The third-order valence-electron chi connectivity index (χ3n) is 3.69. The van der Waals surface area contributed by atoms with Gasteiger partial charge in [-0.1, -0.05) is 19.1 Å². The van der Waals surface area contributed by atoms with Crippen LogP contribution in [-0.4, -0.2) is 18.4 Å². The van der Waals surface area contributed by atoms with E-state index in [1.807, 2.05) is 6.92 Å².